The summed E-state index contributed by atoms with van der Waals surface area (Å²) in [4.78, 5) is 5.52. The molecular formula is C14H16N4O2S. The molecule has 0 saturated carbocycles. The van der Waals surface area contributed by atoms with Gasteiger partial charge in [0.25, 0.3) is 0 Å². The quantitative estimate of drug-likeness (QED) is 0.784. The molecule has 0 bridgehead atoms. The van der Waals surface area contributed by atoms with Crippen molar-refractivity contribution in [2.75, 3.05) is 0 Å². The molecule has 0 aliphatic carbocycles. The average Bonchev–Trinajstić information content (AvgIpc) is 3.20. The van der Waals surface area contributed by atoms with Crippen LogP contribution in [0.2, 0.25) is 0 Å². The van der Waals surface area contributed by atoms with E-state index in [0.717, 1.165) is 16.3 Å². The second kappa shape index (κ2) is 5.79. The molecule has 0 amide bonds. The Morgan fingerprint density at radius 3 is 3.05 bits per heavy atom. The summed E-state index contributed by atoms with van der Waals surface area (Å²) in [5.74, 6) is 1.40. The van der Waals surface area contributed by atoms with E-state index in [-0.39, 0.29) is 0 Å². The van der Waals surface area contributed by atoms with Crippen LogP contribution in [-0.4, -0.2) is 25.1 Å². The Morgan fingerprint density at radius 1 is 1.48 bits per heavy atom. The van der Waals surface area contributed by atoms with Crippen LogP contribution in [0.5, 0.6) is 0 Å². The molecule has 7 heteroatoms. The normalized spacial score (nSPS) is 12.7. The van der Waals surface area contributed by atoms with Crippen molar-refractivity contribution < 1.29 is 9.52 Å². The summed E-state index contributed by atoms with van der Waals surface area (Å²) in [7, 11) is 0. The number of thiophene rings is 1. The number of aliphatic hydroxyl groups is 1. The van der Waals surface area contributed by atoms with E-state index in [1.807, 2.05) is 31.4 Å². The van der Waals surface area contributed by atoms with Crippen LogP contribution in [0.25, 0.3) is 10.8 Å². The second-order valence-corrected chi connectivity index (χ2v) is 5.71. The van der Waals surface area contributed by atoms with Gasteiger partial charge in [-0.2, -0.15) is 0 Å². The van der Waals surface area contributed by atoms with Crippen LogP contribution in [0.1, 0.15) is 36.6 Å². The summed E-state index contributed by atoms with van der Waals surface area (Å²) in [6.45, 7) is 4.26. The Balaban J connectivity index is 1.80. The lowest BCUT2D eigenvalue weighted by Gasteiger charge is -2.00. The number of aromatic nitrogens is 4. The summed E-state index contributed by atoms with van der Waals surface area (Å²) in [5, 5.41) is 19.7. The minimum atomic E-state index is -0.571. The maximum absolute atomic E-state index is 9.74. The third-order valence-electron chi connectivity index (χ3n) is 3.22. The fourth-order valence-corrected chi connectivity index (χ4v) is 2.64. The lowest BCUT2D eigenvalue weighted by atomic mass is 10.2. The summed E-state index contributed by atoms with van der Waals surface area (Å²) in [5.41, 5.74) is 1.40. The molecule has 3 rings (SSSR count). The van der Waals surface area contributed by atoms with Gasteiger partial charge in [-0.3, -0.25) is 0 Å². The first-order valence-electron chi connectivity index (χ1n) is 6.75. The summed E-state index contributed by atoms with van der Waals surface area (Å²) in [6.07, 6.45) is 1.79. The van der Waals surface area contributed by atoms with E-state index in [1.165, 1.54) is 0 Å². The molecule has 0 aromatic carbocycles. The molecule has 0 aliphatic heterocycles. The van der Waals surface area contributed by atoms with Gasteiger partial charge in [-0.15, -0.1) is 16.4 Å². The Hall–Kier alpha value is -1.99. The van der Waals surface area contributed by atoms with E-state index in [2.05, 4.69) is 15.3 Å². The highest BCUT2D eigenvalue weighted by molar-refractivity contribution is 7.13. The highest BCUT2D eigenvalue weighted by Gasteiger charge is 2.15. The van der Waals surface area contributed by atoms with Crippen molar-refractivity contribution in [2.45, 2.75) is 32.9 Å². The zero-order chi connectivity index (χ0) is 14.8. The van der Waals surface area contributed by atoms with Gasteiger partial charge in [0.2, 0.25) is 5.89 Å². The Kier molecular flexibility index (Phi) is 3.85. The predicted molar refractivity (Wildman–Crippen MR) is 78.9 cm³/mol. The van der Waals surface area contributed by atoms with Crippen LogP contribution in [0.15, 0.2) is 28.1 Å². The smallest absolute Gasteiger partial charge is 0.236 e. The molecule has 0 radical (unpaired) electrons. The van der Waals surface area contributed by atoms with Crippen molar-refractivity contribution in [1.82, 2.24) is 20.0 Å². The zero-order valence-electron chi connectivity index (χ0n) is 11.9. The molecule has 0 fully saturated rings. The number of aliphatic hydroxyl groups excluding tert-OH is 1. The van der Waals surface area contributed by atoms with Crippen LogP contribution >= 0.6 is 11.3 Å². The van der Waals surface area contributed by atoms with E-state index in [9.17, 15) is 5.11 Å². The molecule has 1 unspecified atom stereocenters. The standard InChI is InChI=1S/C14H16N4O2S/c1-3-12(19)11-8-18(17-16-11)7-10-9(2)20-14(15-10)13-5-4-6-21-13/h4-6,8,12,19H,3,7H2,1-2H3. The lowest BCUT2D eigenvalue weighted by Crippen LogP contribution is -2.02. The maximum atomic E-state index is 9.74. The number of rotatable bonds is 5. The van der Waals surface area contributed by atoms with Gasteiger partial charge in [0.1, 0.15) is 17.1 Å². The number of aryl methyl sites for hydroxylation is 1. The van der Waals surface area contributed by atoms with Gasteiger partial charge in [-0.25, -0.2) is 9.67 Å². The molecular weight excluding hydrogens is 288 g/mol. The number of hydrogen-bond donors (Lipinski definition) is 1. The zero-order valence-corrected chi connectivity index (χ0v) is 12.7. The van der Waals surface area contributed by atoms with Crippen LogP contribution in [0.3, 0.4) is 0 Å². The fraction of sp³-hybridized carbons (Fsp3) is 0.357. The first-order valence-corrected chi connectivity index (χ1v) is 7.63. The maximum Gasteiger partial charge on any atom is 0.236 e. The van der Waals surface area contributed by atoms with Crippen molar-refractivity contribution in [3.63, 3.8) is 0 Å². The van der Waals surface area contributed by atoms with Gasteiger partial charge < -0.3 is 9.52 Å². The molecule has 0 aliphatic rings. The van der Waals surface area contributed by atoms with E-state index >= 15 is 0 Å². The highest BCUT2D eigenvalue weighted by Crippen LogP contribution is 2.26. The molecule has 0 spiro atoms. The van der Waals surface area contributed by atoms with Gasteiger partial charge >= 0.3 is 0 Å². The van der Waals surface area contributed by atoms with Crippen molar-refractivity contribution >= 4 is 11.3 Å². The van der Waals surface area contributed by atoms with Gasteiger partial charge in [-0.1, -0.05) is 18.2 Å². The Bertz CT molecular complexity index is 717. The Morgan fingerprint density at radius 2 is 2.33 bits per heavy atom. The van der Waals surface area contributed by atoms with E-state index in [1.54, 1.807) is 22.2 Å². The SMILES string of the molecule is CCC(O)c1cn(Cc2nc(-c3cccs3)oc2C)nn1. The van der Waals surface area contributed by atoms with Gasteiger partial charge in [0.05, 0.1) is 23.7 Å². The highest BCUT2D eigenvalue weighted by atomic mass is 32.1. The Labute approximate surface area is 126 Å². The molecule has 21 heavy (non-hydrogen) atoms. The first-order chi connectivity index (χ1) is 10.2. The topological polar surface area (TPSA) is 77.0 Å². The van der Waals surface area contributed by atoms with Crippen LogP contribution in [-0.2, 0) is 6.54 Å². The van der Waals surface area contributed by atoms with E-state index in [0.29, 0.717) is 24.6 Å². The number of oxazole rings is 1. The summed E-state index contributed by atoms with van der Waals surface area (Å²) >= 11 is 1.59. The molecule has 1 N–H and O–H groups in total. The molecule has 110 valence electrons. The van der Waals surface area contributed by atoms with Crippen molar-refractivity contribution in [3.05, 3.63) is 40.9 Å². The third-order valence-corrected chi connectivity index (χ3v) is 4.08. The molecule has 6 nitrogen and oxygen atoms in total. The molecule has 3 aromatic heterocycles. The van der Waals surface area contributed by atoms with Crippen LogP contribution < -0.4 is 0 Å². The van der Waals surface area contributed by atoms with Gasteiger partial charge in [0.15, 0.2) is 0 Å². The lowest BCUT2D eigenvalue weighted by molar-refractivity contribution is 0.168. The first kappa shape index (κ1) is 14.0. The van der Waals surface area contributed by atoms with E-state index < -0.39 is 6.10 Å². The van der Waals surface area contributed by atoms with Crippen molar-refractivity contribution in [2.24, 2.45) is 0 Å². The molecule has 0 saturated heterocycles. The van der Waals surface area contributed by atoms with E-state index in [4.69, 9.17) is 4.42 Å². The molecule has 1 atom stereocenters. The third kappa shape index (κ3) is 2.88. The minimum Gasteiger partial charge on any atom is -0.440 e. The van der Waals surface area contributed by atoms with Crippen molar-refractivity contribution in [1.29, 1.82) is 0 Å². The summed E-state index contributed by atoms with van der Waals surface area (Å²) < 4.78 is 7.36. The summed E-state index contributed by atoms with van der Waals surface area (Å²) in [6, 6.07) is 3.94. The van der Waals surface area contributed by atoms with Gasteiger partial charge in [-0.05, 0) is 24.8 Å². The predicted octanol–water partition coefficient (Wildman–Crippen LogP) is 2.79. The second-order valence-electron chi connectivity index (χ2n) is 4.76. The fourth-order valence-electron chi connectivity index (χ4n) is 1.99. The monoisotopic (exact) mass is 304 g/mol. The van der Waals surface area contributed by atoms with Crippen LogP contribution in [0, 0.1) is 6.92 Å². The number of hydrogen-bond acceptors (Lipinski definition) is 6. The van der Waals surface area contributed by atoms with Crippen molar-refractivity contribution in [3.8, 4) is 10.8 Å². The molecule has 3 aromatic rings. The number of nitrogens with zero attached hydrogens (tertiary/aromatic N) is 4. The van der Waals surface area contributed by atoms with Gasteiger partial charge in [0, 0.05) is 0 Å². The van der Waals surface area contributed by atoms with Crippen LogP contribution in [0.4, 0.5) is 0 Å². The minimum absolute atomic E-state index is 0.476. The average molecular weight is 304 g/mol. The molecule has 3 heterocycles. The largest absolute Gasteiger partial charge is 0.440 e.